The van der Waals surface area contributed by atoms with Gasteiger partial charge in [0, 0.05) is 5.69 Å². The molecule has 0 spiro atoms. The first kappa shape index (κ1) is 19.3. The highest BCUT2D eigenvalue weighted by Gasteiger charge is 2.27. The summed E-state index contributed by atoms with van der Waals surface area (Å²) in [6.45, 7) is 0. The molecule has 0 atom stereocenters. The van der Waals surface area contributed by atoms with Crippen LogP contribution < -0.4 is 15.4 Å². The quantitative estimate of drug-likeness (QED) is 0.547. The first-order chi connectivity index (χ1) is 14.3. The van der Waals surface area contributed by atoms with Crippen molar-refractivity contribution in [3.05, 3.63) is 89.5 Å². The maximum atomic E-state index is 12.8. The van der Waals surface area contributed by atoms with E-state index in [1.165, 1.54) is 42.5 Å². The number of anilines is 2. The third-order valence-electron chi connectivity index (χ3n) is 4.46. The Bertz CT molecular complexity index is 1290. The number of hydrogen-bond acceptors (Lipinski definition) is 5. The van der Waals surface area contributed by atoms with E-state index in [1.807, 2.05) is 0 Å². The summed E-state index contributed by atoms with van der Waals surface area (Å²) in [5.74, 6) is -1.61. The van der Waals surface area contributed by atoms with E-state index in [2.05, 4.69) is 15.4 Å². The van der Waals surface area contributed by atoms with Gasteiger partial charge in [-0.25, -0.2) is 8.42 Å². The second kappa shape index (κ2) is 7.45. The summed E-state index contributed by atoms with van der Waals surface area (Å²) in [5, 5.41) is 4.80. The van der Waals surface area contributed by atoms with Crippen molar-refractivity contribution >= 4 is 39.1 Å². The van der Waals surface area contributed by atoms with Gasteiger partial charge in [-0.3, -0.25) is 24.4 Å². The van der Waals surface area contributed by atoms with Crippen molar-refractivity contribution in [3.8, 4) is 0 Å². The number of imide groups is 1. The van der Waals surface area contributed by atoms with Crippen molar-refractivity contribution < 1.29 is 22.8 Å². The third kappa shape index (κ3) is 3.65. The van der Waals surface area contributed by atoms with Crippen molar-refractivity contribution in [1.29, 1.82) is 0 Å². The van der Waals surface area contributed by atoms with Crippen LogP contribution in [0, 0.1) is 0 Å². The topological polar surface area (TPSA) is 121 Å². The number of para-hydroxylation sites is 1. The Morgan fingerprint density at radius 1 is 0.800 bits per heavy atom. The molecule has 3 N–H and O–H groups in total. The van der Waals surface area contributed by atoms with Crippen molar-refractivity contribution in [1.82, 2.24) is 5.32 Å². The maximum absolute atomic E-state index is 12.8. The first-order valence-electron chi connectivity index (χ1n) is 8.83. The van der Waals surface area contributed by atoms with Crippen molar-refractivity contribution in [2.75, 3.05) is 10.0 Å². The minimum atomic E-state index is -3.88. The Hall–Kier alpha value is -3.98. The summed E-state index contributed by atoms with van der Waals surface area (Å²) in [5.41, 5.74) is 0.889. The molecule has 0 radical (unpaired) electrons. The molecule has 0 bridgehead atoms. The molecule has 1 aliphatic heterocycles. The van der Waals surface area contributed by atoms with E-state index in [9.17, 15) is 22.8 Å². The molecule has 3 amide bonds. The predicted molar refractivity (Wildman–Crippen MR) is 110 cm³/mol. The average Bonchev–Trinajstić information content (AvgIpc) is 3.02. The lowest BCUT2D eigenvalue weighted by atomic mass is 10.1. The molecule has 1 heterocycles. The zero-order chi connectivity index (χ0) is 21.3. The second-order valence-corrected chi connectivity index (χ2v) is 8.14. The lowest BCUT2D eigenvalue weighted by molar-refractivity contribution is 0.0878. The molecule has 0 saturated carbocycles. The van der Waals surface area contributed by atoms with Gasteiger partial charge in [0.05, 0.1) is 27.3 Å². The van der Waals surface area contributed by atoms with Gasteiger partial charge in [-0.15, -0.1) is 0 Å². The molecule has 1 aliphatic rings. The Morgan fingerprint density at radius 2 is 1.47 bits per heavy atom. The monoisotopic (exact) mass is 421 g/mol. The summed E-state index contributed by atoms with van der Waals surface area (Å²) in [6.07, 6.45) is 0. The van der Waals surface area contributed by atoms with Crippen LogP contribution in [0.4, 0.5) is 11.4 Å². The molecule has 150 valence electrons. The minimum absolute atomic E-state index is 0.0644. The molecular weight excluding hydrogens is 406 g/mol. The number of sulfonamides is 1. The van der Waals surface area contributed by atoms with Crippen molar-refractivity contribution in [3.63, 3.8) is 0 Å². The van der Waals surface area contributed by atoms with Gasteiger partial charge in [-0.05, 0) is 42.5 Å². The highest BCUT2D eigenvalue weighted by molar-refractivity contribution is 7.92. The van der Waals surface area contributed by atoms with Crippen LogP contribution >= 0.6 is 0 Å². The number of amides is 3. The van der Waals surface area contributed by atoms with E-state index in [4.69, 9.17) is 0 Å². The smallest absolute Gasteiger partial charge is 0.261 e. The van der Waals surface area contributed by atoms with E-state index >= 15 is 0 Å². The van der Waals surface area contributed by atoms with E-state index in [0.29, 0.717) is 5.69 Å². The fourth-order valence-corrected chi connectivity index (χ4v) is 4.12. The molecule has 0 aliphatic carbocycles. The number of carbonyl (C=O) groups excluding carboxylic acids is 3. The van der Waals surface area contributed by atoms with E-state index in [1.54, 1.807) is 30.3 Å². The Morgan fingerprint density at radius 3 is 2.23 bits per heavy atom. The molecule has 30 heavy (non-hydrogen) atoms. The van der Waals surface area contributed by atoms with Crippen LogP contribution in [0.25, 0.3) is 0 Å². The van der Waals surface area contributed by atoms with Gasteiger partial charge in [-0.2, -0.15) is 0 Å². The van der Waals surface area contributed by atoms with Crippen LogP contribution in [0.1, 0.15) is 31.1 Å². The fraction of sp³-hybridized carbons (Fsp3) is 0. The van der Waals surface area contributed by atoms with Gasteiger partial charge >= 0.3 is 0 Å². The summed E-state index contributed by atoms with van der Waals surface area (Å²) >= 11 is 0. The molecule has 8 nitrogen and oxygen atoms in total. The van der Waals surface area contributed by atoms with Crippen LogP contribution in [0.3, 0.4) is 0 Å². The molecule has 9 heteroatoms. The third-order valence-corrected chi connectivity index (χ3v) is 5.84. The Kier molecular flexibility index (Phi) is 4.80. The van der Waals surface area contributed by atoms with Gasteiger partial charge in [0.1, 0.15) is 0 Å². The molecule has 0 saturated heterocycles. The fourth-order valence-electron chi connectivity index (χ4n) is 3.02. The summed E-state index contributed by atoms with van der Waals surface area (Å²) in [7, 11) is -3.88. The van der Waals surface area contributed by atoms with Gasteiger partial charge in [0.2, 0.25) is 0 Å². The summed E-state index contributed by atoms with van der Waals surface area (Å²) in [4.78, 5) is 36.3. The van der Waals surface area contributed by atoms with Crippen LogP contribution in [-0.4, -0.2) is 26.1 Å². The number of rotatable bonds is 5. The highest BCUT2D eigenvalue weighted by Crippen LogP contribution is 2.24. The standard InChI is InChI=1S/C21H15N3O5S/c25-19-15-11-10-13(12-17(15)21(27)23-19)22-20(26)16-8-4-5-9-18(16)24-30(28,29)14-6-2-1-3-7-14/h1-12,24H,(H,22,26)(H,23,25,27). The number of nitrogens with one attached hydrogen (secondary N) is 3. The predicted octanol–water partition coefficient (Wildman–Crippen LogP) is 2.62. The molecule has 0 fully saturated rings. The first-order valence-corrected chi connectivity index (χ1v) is 10.3. The zero-order valence-corrected chi connectivity index (χ0v) is 16.2. The Balaban J connectivity index is 1.60. The number of carbonyl (C=O) groups is 3. The normalized spacial score (nSPS) is 12.8. The van der Waals surface area contributed by atoms with E-state index in [0.717, 1.165) is 0 Å². The van der Waals surface area contributed by atoms with Crippen molar-refractivity contribution in [2.24, 2.45) is 0 Å². The van der Waals surface area contributed by atoms with Crippen LogP contribution in [0.5, 0.6) is 0 Å². The number of benzene rings is 3. The lowest BCUT2D eigenvalue weighted by Crippen LogP contribution is -2.20. The second-order valence-electron chi connectivity index (χ2n) is 6.46. The Labute approximate surface area is 172 Å². The summed E-state index contributed by atoms with van der Waals surface area (Å²) < 4.78 is 27.6. The summed E-state index contributed by atoms with van der Waals surface area (Å²) in [6, 6.07) is 18.3. The molecule has 0 aromatic heterocycles. The zero-order valence-electron chi connectivity index (χ0n) is 15.4. The van der Waals surface area contributed by atoms with E-state index < -0.39 is 27.7 Å². The van der Waals surface area contributed by atoms with Crippen molar-refractivity contribution in [2.45, 2.75) is 4.90 Å². The van der Waals surface area contributed by atoms with Gasteiger partial charge in [0.25, 0.3) is 27.7 Å². The largest absolute Gasteiger partial charge is 0.322 e. The van der Waals surface area contributed by atoms with Gasteiger partial charge in [0.15, 0.2) is 0 Å². The van der Waals surface area contributed by atoms with Crippen LogP contribution in [0.2, 0.25) is 0 Å². The van der Waals surface area contributed by atoms with Crippen LogP contribution in [0.15, 0.2) is 77.7 Å². The van der Waals surface area contributed by atoms with Crippen LogP contribution in [-0.2, 0) is 10.0 Å². The molecular formula is C21H15N3O5S. The number of hydrogen-bond donors (Lipinski definition) is 3. The SMILES string of the molecule is O=C(Nc1ccc2c(c1)C(=O)NC2=O)c1ccccc1NS(=O)(=O)c1ccccc1. The molecule has 0 unspecified atom stereocenters. The number of fused-ring (bicyclic) bond motifs is 1. The molecule has 3 aromatic rings. The maximum Gasteiger partial charge on any atom is 0.261 e. The van der Waals surface area contributed by atoms with Gasteiger partial charge < -0.3 is 5.32 Å². The average molecular weight is 421 g/mol. The molecule has 4 rings (SSSR count). The highest BCUT2D eigenvalue weighted by atomic mass is 32.2. The van der Waals surface area contributed by atoms with Gasteiger partial charge in [-0.1, -0.05) is 30.3 Å². The molecule has 3 aromatic carbocycles. The van der Waals surface area contributed by atoms with E-state index in [-0.39, 0.29) is 27.3 Å². The minimum Gasteiger partial charge on any atom is -0.322 e. The lowest BCUT2D eigenvalue weighted by Gasteiger charge is -2.13.